The number of nitrogens with two attached hydrogens (primary N) is 1. The third-order valence-electron chi connectivity index (χ3n) is 2.12. The fraction of sp³-hybridized carbons (Fsp3) is 0.500. The summed E-state index contributed by atoms with van der Waals surface area (Å²) in [4.78, 5) is 0. The van der Waals surface area contributed by atoms with Gasteiger partial charge in [-0.25, -0.2) is 0 Å². The van der Waals surface area contributed by atoms with Crippen molar-refractivity contribution in [1.82, 2.24) is 10.2 Å². The minimum atomic E-state index is 0.207. The summed E-state index contributed by atoms with van der Waals surface area (Å²) in [7, 11) is 0. The van der Waals surface area contributed by atoms with Crippen molar-refractivity contribution in [2.24, 2.45) is 5.73 Å². The Kier molecular flexibility index (Phi) is 1.60. The summed E-state index contributed by atoms with van der Waals surface area (Å²) in [6.45, 7) is 0. The molecule has 4 N–H and O–H groups in total. The molecular formula is C8H12N4. The first kappa shape index (κ1) is 7.34. The van der Waals surface area contributed by atoms with Crippen molar-refractivity contribution in [1.29, 1.82) is 5.41 Å². The van der Waals surface area contributed by atoms with Crippen LogP contribution in [-0.2, 0) is 6.42 Å². The maximum atomic E-state index is 7.16. The normalized spacial score (nSPS) is 16.3. The van der Waals surface area contributed by atoms with Crippen LogP contribution in [0.15, 0.2) is 6.20 Å². The second-order valence-corrected chi connectivity index (χ2v) is 3.29. The fourth-order valence-electron chi connectivity index (χ4n) is 1.39. The van der Waals surface area contributed by atoms with Gasteiger partial charge < -0.3 is 5.73 Å². The number of H-pyrrole nitrogens is 1. The third kappa shape index (κ3) is 1.32. The van der Waals surface area contributed by atoms with Crippen LogP contribution >= 0.6 is 0 Å². The molecule has 0 aliphatic heterocycles. The van der Waals surface area contributed by atoms with E-state index in [1.54, 1.807) is 6.20 Å². The summed E-state index contributed by atoms with van der Waals surface area (Å²) < 4.78 is 0. The summed E-state index contributed by atoms with van der Waals surface area (Å²) in [6.07, 6.45) is 4.79. The van der Waals surface area contributed by atoms with Gasteiger partial charge in [0.1, 0.15) is 0 Å². The van der Waals surface area contributed by atoms with Crippen LogP contribution in [0, 0.1) is 5.41 Å². The Morgan fingerprint density at radius 1 is 1.75 bits per heavy atom. The number of hydrogen-bond donors (Lipinski definition) is 3. The van der Waals surface area contributed by atoms with Crippen LogP contribution < -0.4 is 5.73 Å². The molecule has 1 aromatic rings. The first-order chi connectivity index (χ1) is 5.77. The molecule has 0 bridgehead atoms. The molecule has 0 aromatic carbocycles. The van der Waals surface area contributed by atoms with E-state index in [9.17, 15) is 0 Å². The summed E-state index contributed by atoms with van der Waals surface area (Å²) >= 11 is 0. The van der Waals surface area contributed by atoms with Crippen LogP contribution in [0.25, 0.3) is 0 Å². The molecule has 0 radical (unpaired) electrons. The van der Waals surface area contributed by atoms with Crippen LogP contribution in [0.1, 0.15) is 30.0 Å². The van der Waals surface area contributed by atoms with Crippen LogP contribution in [0.5, 0.6) is 0 Å². The highest BCUT2D eigenvalue weighted by atomic mass is 15.1. The van der Waals surface area contributed by atoms with Crippen molar-refractivity contribution in [2.45, 2.75) is 25.2 Å². The topological polar surface area (TPSA) is 78.6 Å². The lowest BCUT2D eigenvalue weighted by molar-refractivity contribution is 0.954. The van der Waals surface area contributed by atoms with Gasteiger partial charge in [-0.1, -0.05) is 0 Å². The van der Waals surface area contributed by atoms with E-state index in [1.807, 2.05) is 0 Å². The summed E-state index contributed by atoms with van der Waals surface area (Å²) in [5.74, 6) is 0.861. The zero-order chi connectivity index (χ0) is 8.55. The molecule has 0 saturated heterocycles. The Bertz CT molecular complexity index is 298. The first-order valence-corrected chi connectivity index (χ1v) is 4.12. The van der Waals surface area contributed by atoms with Gasteiger partial charge in [-0.3, -0.25) is 10.5 Å². The van der Waals surface area contributed by atoms with Crippen molar-refractivity contribution in [3.05, 3.63) is 17.5 Å². The second-order valence-electron chi connectivity index (χ2n) is 3.29. The number of aromatic amines is 1. The molecule has 2 rings (SSSR count). The van der Waals surface area contributed by atoms with Gasteiger partial charge >= 0.3 is 0 Å². The maximum absolute atomic E-state index is 7.16. The Morgan fingerprint density at radius 3 is 3.08 bits per heavy atom. The standard InChI is InChI=1S/C8H12N4/c9-7(10)3-6-4-11-12-8(6)5-1-2-5/h4-5H,1-3H2,(H3,9,10)(H,11,12). The minimum absolute atomic E-state index is 0.207. The highest BCUT2D eigenvalue weighted by Gasteiger charge is 2.27. The number of hydrogen-bond acceptors (Lipinski definition) is 2. The molecule has 1 saturated carbocycles. The van der Waals surface area contributed by atoms with E-state index < -0.39 is 0 Å². The molecule has 1 aromatic heterocycles. The van der Waals surface area contributed by atoms with Crippen molar-refractivity contribution in [3.8, 4) is 0 Å². The quantitative estimate of drug-likeness (QED) is 0.455. The van der Waals surface area contributed by atoms with Gasteiger partial charge in [-0.2, -0.15) is 5.10 Å². The average Bonchev–Trinajstić information content (AvgIpc) is 2.73. The number of rotatable bonds is 3. The number of nitrogens with one attached hydrogen (secondary N) is 2. The van der Waals surface area contributed by atoms with Crippen LogP contribution in [0.3, 0.4) is 0 Å². The lowest BCUT2D eigenvalue weighted by Crippen LogP contribution is -2.13. The Labute approximate surface area is 70.7 Å². The average molecular weight is 164 g/mol. The van der Waals surface area contributed by atoms with E-state index in [-0.39, 0.29) is 5.84 Å². The Morgan fingerprint density at radius 2 is 2.50 bits per heavy atom. The molecule has 0 unspecified atom stereocenters. The fourth-order valence-corrected chi connectivity index (χ4v) is 1.39. The van der Waals surface area contributed by atoms with E-state index in [0.717, 1.165) is 5.56 Å². The Hall–Kier alpha value is -1.32. The van der Waals surface area contributed by atoms with Gasteiger partial charge in [0.25, 0.3) is 0 Å². The molecule has 1 heterocycles. The van der Waals surface area contributed by atoms with Gasteiger partial charge in [0.2, 0.25) is 0 Å². The molecule has 0 atom stereocenters. The maximum Gasteiger partial charge on any atom is 0.0951 e. The van der Waals surface area contributed by atoms with Gasteiger partial charge in [0.05, 0.1) is 12.0 Å². The number of aromatic nitrogens is 2. The largest absolute Gasteiger partial charge is 0.387 e. The minimum Gasteiger partial charge on any atom is -0.387 e. The highest BCUT2D eigenvalue weighted by molar-refractivity contribution is 5.79. The molecule has 1 fully saturated rings. The zero-order valence-corrected chi connectivity index (χ0v) is 6.80. The van der Waals surface area contributed by atoms with E-state index >= 15 is 0 Å². The van der Waals surface area contributed by atoms with Gasteiger partial charge in [-0.15, -0.1) is 0 Å². The SMILES string of the molecule is N=C(N)Cc1cn[nH]c1C1CC1. The van der Waals surface area contributed by atoms with Gasteiger partial charge in [-0.05, 0) is 12.8 Å². The van der Waals surface area contributed by atoms with Crippen LogP contribution in [0.2, 0.25) is 0 Å². The predicted molar refractivity (Wildman–Crippen MR) is 46.2 cm³/mol. The monoisotopic (exact) mass is 164 g/mol. The lowest BCUT2D eigenvalue weighted by atomic mass is 10.1. The van der Waals surface area contributed by atoms with Crippen molar-refractivity contribution in [3.63, 3.8) is 0 Å². The Balaban J connectivity index is 2.18. The van der Waals surface area contributed by atoms with Crippen molar-refractivity contribution in [2.75, 3.05) is 0 Å². The lowest BCUT2D eigenvalue weighted by Gasteiger charge is -1.98. The van der Waals surface area contributed by atoms with E-state index in [4.69, 9.17) is 11.1 Å². The smallest absolute Gasteiger partial charge is 0.0951 e. The molecule has 1 aliphatic carbocycles. The third-order valence-corrected chi connectivity index (χ3v) is 2.12. The molecule has 12 heavy (non-hydrogen) atoms. The molecule has 64 valence electrons. The van der Waals surface area contributed by atoms with E-state index in [1.165, 1.54) is 18.5 Å². The summed E-state index contributed by atoms with van der Waals surface area (Å²) in [6, 6.07) is 0. The van der Waals surface area contributed by atoms with E-state index in [2.05, 4.69) is 10.2 Å². The van der Waals surface area contributed by atoms with Crippen molar-refractivity contribution >= 4 is 5.84 Å². The molecule has 1 aliphatic rings. The summed E-state index contributed by atoms with van der Waals surface area (Å²) in [5, 5.41) is 14.1. The second kappa shape index (κ2) is 2.62. The first-order valence-electron chi connectivity index (χ1n) is 4.12. The van der Waals surface area contributed by atoms with Crippen LogP contribution in [0.4, 0.5) is 0 Å². The molecular weight excluding hydrogens is 152 g/mol. The molecule has 4 heteroatoms. The van der Waals surface area contributed by atoms with E-state index in [0.29, 0.717) is 12.3 Å². The zero-order valence-electron chi connectivity index (χ0n) is 6.80. The molecule has 0 amide bonds. The number of nitrogens with zero attached hydrogens (tertiary/aromatic N) is 1. The summed E-state index contributed by atoms with van der Waals surface area (Å²) in [5.41, 5.74) is 7.59. The van der Waals surface area contributed by atoms with Crippen molar-refractivity contribution < 1.29 is 0 Å². The molecule has 0 spiro atoms. The number of amidine groups is 1. The molecule has 4 nitrogen and oxygen atoms in total. The van der Waals surface area contributed by atoms with Crippen LogP contribution in [-0.4, -0.2) is 16.0 Å². The van der Waals surface area contributed by atoms with Gasteiger partial charge in [0.15, 0.2) is 0 Å². The van der Waals surface area contributed by atoms with Gasteiger partial charge in [0, 0.05) is 23.6 Å². The predicted octanol–water partition coefficient (Wildman–Crippen LogP) is 0.766. The highest BCUT2D eigenvalue weighted by Crippen LogP contribution is 2.40.